The average molecular weight is 1220 g/mol. The monoisotopic (exact) mass is 1220 g/mol. The van der Waals surface area contributed by atoms with Crippen LogP contribution in [0.3, 0.4) is 0 Å². The number of azo groups is 3. The van der Waals surface area contributed by atoms with Gasteiger partial charge in [0, 0.05) is 47.9 Å². The number of nitrogens with zero attached hydrogens (tertiary/aromatic N) is 11. The summed E-state index contributed by atoms with van der Waals surface area (Å²) in [4.78, 5) is 9.95. The van der Waals surface area contributed by atoms with Gasteiger partial charge in [0.2, 0.25) is 11.0 Å². The number of aromatic nitrogens is 3. The van der Waals surface area contributed by atoms with Crippen molar-refractivity contribution in [2.24, 2.45) is 30.7 Å². The molecule has 0 unspecified atom stereocenters. The molecule has 5 aromatic carbocycles. The molecule has 0 spiro atoms. The Labute approximate surface area is 466 Å². The highest BCUT2D eigenvalue weighted by Gasteiger charge is 2.25. The number of phenolic OH excluding ortho intramolecular Hbond substituents is 1. The number of anilines is 1. The van der Waals surface area contributed by atoms with Crippen molar-refractivity contribution in [2.45, 2.75) is 34.5 Å². The highest BCUT2D eigenvalue weighted by molar-refractivity contribution is 7.95. The minimum Gasteiger partial charge on any atom is -0.505 e. The number of hydrogen-bond donors (Lipinski definition) is 7. The van der Waals surface area contributed by atoms with E-state index in [0.29, 0.717) is 38.2 Å². The van der Waals surface area contributed by atoms with Crippen LogP contribution in [0.1, 0.15) is 24.0 Å². The Balaban J connectivity index is 1.26. The maximum Gasteiger partial charge on any atom is 0.296 e. The number of para-hydroxylation sites is 2. The van der Waals surface area contributed by atoms with Gasteiger partial charge in [-0.25, -0.2) is 25.7 Å². The van der Waals surface area contributed by atoms with E-state index < -0.39 is 53.9 Å². The number of benzene rings is 5. The van der Waals surface area contributed by atoms with Gasteiger partial charge in [0.15, 0.2) is 17.1 Å². The first-order valence-electron chi connectivity index (χ1n) is 21.9. The van der Waals surface area contributed by atoms with E-state index in [1.54, 1.807) is 41.3 Å². The molecule has 3 heterocycles. The summed E-state index contributed by atoms with van der Waals surface area (Å²) in [6.07, 6.45) is 0.155. The first-order chi connectivity index (χ1) is 37.9. The second-order valence-corrected chi connectivity index (χ2v) is 22.5. The number of methoxy groups -OCH3 is 1. The van der Waals surface area contributed by atoms with Crippen LogP contribution in [0.2, 0.25) is 5.02 Å². The summed E-state index contributed by atoms with van der Waals surface area (Å²) >= 11 is 9.13. The Morgan fingerprint density at radius 3 is 2.20 bits per heavy atom. The quantitative estimate of drug-likeness (QED) is 0.00698. The minimum absolute atomic E-state index is 0.0134. The van der Waals surface area contributed by atoms with E-state index in [1.165, 1.54) is 36.6 Å². The van der Waals surface area contributed by atoms with E-state index in [-0.39, 0.29) is 115 Å². The topological polar surface area (TPSA) is 406 Å². The van der Waals surface area contributed by atoms with Crippen LogP contribution in [0.25, 0.3) is 37.7 Å². The van der Waals surface area contributed by atoms with Crippen molar-refractivity contribution in [1.29, 1.82) is 5.26 Å². The van der Waals surface area contributed by atoms with Crippen molar-refractivity contribution in [3.63, 3.8) is 0 Å². The van der Waals surface area contributed by atoms with Crippen molar-refractivity contribution in [3.05, 3.63) is 82.9 Å². The SMILES string of the molecule is COc1cc(N=Nc2c(SOOO)cc3cc(S(=O)(=O)O)c(N=Nc4c(C)c(C#N)c5nc6ccccc6n5c4O)cc3c2O)c(N(CCCSOOO)CCCS(=O)(=O)O)cc1N=Nc1nc2cc(SOOO)c(Cl)cc2s1. The van der Waals surface area contributed by atoms with Crippen LogP contribution >= 0.6 is 59.1 Å². The summed E-state index contributed by atoms with van der Waals surface area (Å²) < 4.78 is 91.1. The Kier molecular flexibility index (Phi) is 19.1. The van der Waals surface area contributed by atoms with Gasteiger partial charge in [-0.1, -0.05) is 50.2 Å². The number of fused-ring (bicyclic) bond motifs is 5. The van der Waals surface area contributed by atoms with Gasteiger partial charge in [-0.3, -0.25) is 13.5 Å². The number of aromatic hydroxyl groups is 2. The van der Waals surface area contributed by atoms with E-state index in [1.807, 2.05) is 6.07 Å². The number of imidazole rings is 1. The molecule has 79 heavy (non-hydrogen) atoms. The fourth-order valence-corrected chi connectivity index (χ4v) is 11.3. The van der Waals surface area contributed by atoms with E-state index in [4.69, 9.17) is 36.4 Å². The molecule has 0 amide bonds. The summed E-state index contributed by atoms with van der Waals surface area (Å²) in [6.45, 7) is 1.52. The third-order valence-electron chi connectivity index (χ3n) is 11.1. The van der Waals surface area contributed by atoms with Crippen molar-refractivity contribution in [1.82, 2.24) is 14.4 Å². The van der Waals surface area contributed by atoms with Gasteiger partial charge in [-0.15, -0.1) is 43.7 Å². The molecule has 0 aliphatic carbocycles. The molecule has 3 aromatic heterocycles. The predicted octanol–water partition coefficient (Wildman–Crippen LogP) is 12.4. The first kappa shape index (κ1) is 58.6. The predicted molar refractivity (Wildman–Crippen MR) is 286 cm³/mol. The Morgan fingerprint density at radius 1 is 0.797 bits per heavy atom. The summed E-state index contributed by atoms with van der Waals surface area (Å²) in [5, 5.41) is 97.3. The molecule has 0 saturated heterocycles. The zero-order valence-electron chi connectivity index (χ0n) is 40.0. The van der Waals surface area contributed by atoms with Gasteiger partial charge >= 0.3 is 0 Å². The van der Waals surface area contributed by atoms with Gasteiger partial charge in [0.1, 0.15) is 45.0 Å². The summed E-state index contributed by atoms with van der Waals surface area (Å²) in [6, 6.07) is 17.9. The molecule has 0 radical (unpaired) electrons. The van der Waals surface area contributed by atoms with Gasteiger partial charge in [-0.05, 0) is 73.7 Å². The zero-order chi connectivity index (χ0) is 56.6. The third-order valence-corrected chi connectivity index (χ3v) is 16.0. The van der Waals surface area contributed by atoms with E-state index in [2.05, 4.69) is 64.4 Å². The highest BCUT2D eigenvalue weighted by Crippen LogP contribution is 2.49. The van der Waals surface area contributed by atoms with Crippen molar-refractivity contribution >= 4 is 156 Å². The summed E-state index contributed by atoms with van der Waals surface area (Å²) in [5.41, 5.74) is 0.511. The number of halogens is 1. The van der Waals surface area contributed by atoms with Crippen molar-refractivity contribution in [2.75, 3.05) is 36.6 Å². The van der Waals surface area contributed by atoms with Crippen LogP contribution in [0.4, 0.5) is 39.3 Å². The lowest BCUT2D eigenvalue weighted by Gasteiger charge is -2.26. The highest BCUT2D eigenvalue weighted by atomic mass is 35.5. The lowest BCUT2D eigenvalue weighted by atomic mass is 10.1. The fourth-order valence-electron chi connectivity index (χ4n) is 7.74. The zero-order valence-corrected chi connectivity index (χ0v) is 45.6. The normalized spacial score (nSPS) is 12.4. The van der Waals surface area contributed by atoms with E-state index in [9.17, 15) is 41.4 Å². The smallest absolute Gasteiger partial charge is 0.296 e. The number of rotatable bonds is 25. The van der Waals surface area contributed by atoms with Crippen molar-refractivity contribution in [3.8, 4) is 23.4 Å². The molecule has 0 aliphatic rings. The fraction of sp³-hybridized carbons (Fsp3) is 0.186. The van der Waals surface area contributed by atoms with Crippen LogP contribution in [0.5, 0.6) is 17.4 Å². The number of nitriles is 1. The molecule has 414 valence electrons. The largest absolute Gasteiger partial charge is 0.505 e. The number of phenols is 1. The lowest BCUT2D eigenvalue weighted by molar-refractivity contribution is -0.432. The molecule has 0 fully saturated rings. The molecule has 29 nitrogen and oxygen atoms in total. The number of hydrogen-bond acceptors (Lipinski definition) is 30. The van der Waals surface area contributed by atoms with Gasteiger partial charge in [-0.2, -0.15) is 22.1 Å². The standard InChI is InChI=1S/C43H36ClN11O18S6/c1-21-24(20-45)41-46-26-7-3-4-8-31(26)55(41)42(57)38(21)51-50-30-15-23-22(14-37(30)79(64,65)66)13-36(77-73-70-60)39(40(23)56)52-48-27-18-33(67-2)28(17-32(27)54(9-5-11-74-71-68-58)10-6-12-78(61,62)63)49-53-43-47-29-19-34(76-72-69-59)25(44)16-35(29)75-43/h3-4,7-8,13-19,56-60H,5-6,9-12H2,1-2H3,(H,61,62,63)(H,64,65,66). The molecular weight excluding hydrogens is 1190 g/mol. The molecule has 0 saturated carbocycles. The van der Waals surface area contributed by atoms with Crippen LogP contribution in [-0.4, -0.2) is 98.0 Å². The van der Waals surface area contributed by atoms with Gasteiger partial charge < -0.3 is 19.8 Å². The second kappa shape index (κ2) is 25.7. The first-order valence-corrected chi connectivity index (χ1v) is 28.5. The molecule has 36 heteroatoms. The average Bonchev–Trinajstić information content (AvgIpc) is 4.16. The second-order valence-electron chi connectivity index (χ2n) is 15.9. The van der Waals surface area contributed by atoms with Gasteiger partial charge in [0.25, 0.3) is 20.2 Å². The molecular formula is C43H36ClN11O18S6. The molecule has 8 rings (SSSR count). The van der Waals surface area contributed by atoms with Crippen LogP contribution in [-0.2, 0) is 48.4 Å². The molecule has 7 N–H and O–H groups in total. The maximum absolute atomic E-state index is 12.9. The molecule has 8 aromatic rings. The molecule has 0 bridgehead atoms. The summed E-state index contributed by atoms with van der Waals surface area (Å²) in [7, 11) is -8.27. The Bertz CT molecular complexity index is 4000. The molecule has 0 aliphatic heterocycles. The summed E-state index contributed by atoms with van der Waals surface area (Å²) in [5.74, 6) is -1.63. The van der Waals surface area contributed by atoms with Crippen LogP contribution in [0, 0.1) is 18.3 Å². The van der Waals surface area contributed by atoms with Crippen LogP contribution < -0.4 is 9.64 Å². The van der Waals surface area contributed by atoms with E-state index >= 15 is 0 Å². The van der Waals surface area contributed by atoms with Crippen molar-refractivity contribution < 1.29 is 84.8 Å². The number of thiazole rings is 1. The number of ether oxygens (including phenoxy) is 1. The van der Waals surface area contributed by atoms with Crippen LogP contribution in [0.15, 0.2) is 112 Å². The van der Waals surface area contributed by atoms with E-state index in [0.717, 1.165) is 35.5 Å². The Morgan fingerprint density at radius 2 is 1.49 bits per heavy atom. The number of pyridine rings is 1. The molecule has 0 atom stereocenters. The maximum atomic E-state index is 12.9. The lowest BCUT2D eigenvalue weighted by Crippen LogP contribution is -2.27. The third kappa shape index (κ3) is 13.6. The minimum atomic E-state index is -5.14. The Hall–Kier alpha value is -6.51. The van der Waals surface area contributed by atoms with Gasteiger partial charge in [0.05, 0.1) is 78.7 Å².